The predicted molar refractivity (Wildman–Crippen MR) is 71.7 cm³/mol. The van der Waals surface area contributed by atoms with Crippen LogP contribution in [0.4, 0.5) is 0 Å². The van der Waals surface area contributed by atoms with Gasteiger partial charge in [-0.1, -0.05) is 6.92 Å². The lowest BCUT2D eigenvalue weighted by Crippen LogP contribution is -2.45. The van der Waals surface area contributed by atoms with E-state index in [1.54, 1.807) is 0 Å². The van der Waals surface area contributed by atoms with Crippen molar-refractivity contribution in [2.45, 2.75) is 58.5 Å². The molecule has 3 nitrogen and oxygen atoms in total. The highest BCUT2D eigenvalue weighted by Crippen LogP contribution is 2.19. The summed E-state index contributed by atoms with van der Waals surface area (Å²) in [6.07, 6.45) is 3.39. The van der Waals surface area contributed by atoms with Gasteiger partial charge in [0.2, 0.25) is 0 Å². The molecule has 1 aliphatic rings. The largest absolute Gasteiger partial charge is 0.312 e. The van der Waals surface area contributed by atoms with Crippen LogP contribution in [0.3, 0.4) is 0 Å². The van der Waals surface area contributed by atoms with Crippen LogP contribution in [0.25, 0.3) is 0 Å². The fourth-order valence-corrected chi connectivity index (χ4v) is 2.35. The summed E-state index contributed by atoms with van der Waals surface area (Å²) in [5.41, 5.74) is 0.218. The fraction of sp³-hybridized carbons (Fsp3) is 0.929. The van der Waals surface area contributed by atoms with Crippen LogP contribution in [-0.2, 0) is 0 Å². The zero-order valence-electron chi connectivity index (χ0n) is 11.8. The third kappa shape index (κ3) is 5.06. The number of nitriles is 1. The Morgan fingerprint density at radius 3 is 2.35 bits per heavy atom. The standard InChI is InChI=1S/C14H27N3/c1-5-13(10-15)17-8-6-12(7-9-17)11-16-14(2,3)4/h12-13,16H,5-9,11H2,1-4H3. The van der Waals surface area contributed by atoms with Gasteiger partial charge >= 0.3 is 0 Å². The van der Waals surface area contributed by atoms with Crippen LogP contribution in [0, 0.1) is 17.2 Å². The third-order valence-electron chi connectivity index (χ3n) is 3.55. The predicted octanol–water partition coefficient (Wildman–Crippen LogP) is 2.39. The van der Waals surface area contributed by atoms with Gasteiger partial charge in [-0.05, 0) is 65.6 Å². The van der Waals surface area contributed by atoms with Crippen molar-refractivity contribution in [1.29, 1.82) is 5.26 Å². The molecule has 1 heterocycles. The SMILES string of the molecule is CCC(C#N)N1CCC(CNC(C)(C)C)CC1. The molecule has 0 aromatic rings. The minimum atomic E-state index is 0.131. The van der Waals surface area contributed by atoms with Gasteiger partial charge in [-0.3, -0.25) is 4.90 Å². The van der Waals surface area contributed by atoms with Crippen molar-refractivity contribution in [2.75, 3.05) is 19.6 Å². The number of nitrogens with one attached hydrogen (secondary N) is 1. The molecule has 17 heavy (non-hydrogen) atoms. The third-order valence-corrected chi connectivity index (χ3v) is 3.55. The highest BCUT2D eigenvalue weighted by atomic mass is 15.2. The molecule has 1 rings (SSSR count). The van der Waals surface area contributed by atoms with Crippen molar-refractivity contribution >= 4 is 0 Å². The van der Waals surface area contributed by atoms with E-state index in [1.165, 1.54) is 12.8 Å². The van der Waals surface area contributed by atoms with Gasteiger partial charge in [0.1, 0.15) is 0 Å². The molecule has 0 spiro atoms. The minimum absolute atomic E-state index is 0.131. The van der Waals surface area contributed by atoms with Crippen molar-refractivity contribution < 1.29 is 0 Å². The summed E-state index contributed by atoms with van der Waals surface area (Å²) < 4.78 is 0. The van der Waals surface area contributed by atoms with Crippen molar-refractivity contribution in [2.24, 2.45) is 5.92 Å². The number of rotatable bonds is 4. The van der Waals surface area contributed by atoms with E-state index in [4.69, 9.17) is 5.26 Å². The Bertz CT molecular complexity index is 254. The summed E-state index contributed by atoms with van der Waals surface area (Å²) in [5.74, 6) is 0.779. The zero-order chi connectivity index (χ0) is 12.9. The van der Waals surface area contributed by atoms with Crippen LogP contribution in [0.15, 0.2) is 0 Å². The Morgan fingerprint density at radius 2 is 1.94 bits per heavy atom. The number of likely N-dealkylation sites (tertiary alicyclic amines) is 1. The van der Waals surface area contributed by atoms with Gasteiger partial charge in [0.05, 0.1) is 12.1 Å². The molecule has 3 heteroatoms. The van der Waals surface area contributed by atoms with Crippen LogP contribution in [0.1, 0.15) is 47.0 Å². The first-order valence-corrected chi connectivity index (χ1v) is 6.85. The average molecular weight is 237 g/mol. The second kappa shape index (κ2) is 6.37. The molecule has 1 N–H and O–H groups in total. The Hall–Kier alpha value is -0.590. The molecule has 98 valence electrons. The lowest BCUT2D eigenvalue weighted by Gasteiger charge is -2.35. The molecule has 1 unspecified atom stereocenters. The van der Waals surface area contributed by atoms with E-state index in [9.17, 15) is 0 Å². The number of hydrogen-bond acceptors (Lipinski definition) is 3. The number of hydrogen-bond donors (Lipinski definition) is 1. The smallest absolute Gasteiger partial charge is 0.0975 e. The first-order chi connectivity index (χ1) is 7.96. The average Bonchev–Trinajstić information content (AvgIpc) is 2.29. The maximum absolute atomic E-state index is 9.05. The van der Waals surface area contributed by atoms with Crippen LogP contribution < -0.4 is 5.32 Å². The lowest BCUT2D eigenvalue weighted by molar-refractivity contribution is 0.150. The normalized spacial score (nSPS) is 21.1. The van der Waals surface area contributed by atoms with Gasteiger partial charge < -0.3 is 5.32 Å². The highest BCUT2D eigenvalue weighted by Gasteiger charge is 2.24. The Balaban J connectivity index is 2.29. The maximum atomic E-state index is 9.05. The summed E-state index contributed by atoms with van der Waals surface area (Å²) in [7, 11) is 0. The van der Waals surface area contributed by atoms with E-state index in [0.717, 1.165) is 32.0 Å². The van der Waals surface area contributed by atoms with E-state index < -0.39 is 0 Å². The second-order valence-corrected chi connectivity index (χ2v) is 6.16. The molecule has 1 fully saturated rings. The van der Waals surface area contributed by atoms with Gasteiger partial charge in [0, 0.05) is 5.54 Å². The summed E-state index contributed by atoms with van der Waals surface area (Å²) >= 11 is 0. The van der Waals surface area contributed by atoms with Crippen molar-refractivity contribution in [1.82, 2.24) is 10.2 Å². The van der Waals surface area contributed by atoms with Gasteiger partial charge in [0.25, 0.3) is 0 Å². The Labute approximate surface area is 106 Å². The van der Waals surface area contributed by atoms with Gasteiger partial charge in [-0.15, -0.1) is 0 Å². The molecule has 0 aromatic heterocycles. The topological polar surface area (TPSA) is 39.1 Å². The monoisotopic (exact) mass is 237 g/mol. The quantitative estimate of drug-likeness (QED) is 0.816. The van der Waals surface area contributed by atoms with E-state index in [0.29, 0.717) is 0 Å². The van der Waals surface area contributed by atoms with Crippen molar-refractivity contribution in [3.05, 3.63) is 0 Å². The summed E-state index contributed by atoms with van der Waals surface area (Å²) in [5, 5.41) is 12.6. The van der Waals surface area contributed by atoms with Gasteiger partial charge in [-0.2, -0.15) is 5.26 Å². The highest BCUT2D eigenvalue weighted by molar-refractivity contribution is 4.92. The molecule has 0 amide bonds. The summed E-state index contributed by atoms with van der Waals surface area (Å²) in [6.45, 7) is 12.0. The summed E-state index contributed by atoms with van der Waals surface area (Å²) in [6, 6.07) is 2.53. The molecule has 1 atom stereocenters. The lowest BCUT2D eigenvalue weighted by atomic mass is 9.94. The molecule has 1 saturated heterocycles. The van der Waals surface area contributed by atoms with Crippen molar-refractivity contribution in [3.63, 3.8) is 0 Å². The first-order valence-electron chi connectivity index (χ1n) is 6.85. The fourth-order valence-electron chi connectivity index (χ4n) is 2.35. The van der Waals surface area contributed by atoms with E-state index in [1.807, 2.05) is 0 Å². The van der Waals surface area contributed by atoms with Crippen LogP contribution >= 0.6 is 0 Å². The van der Waals surface area contributed by atoms with E-state index in [2.05, 4.69) is 44.0 Å². The Kier molecular flexibility index (Phi) is 5.42. The van der Waals surface area contributed by atoms with Gasteiger partial charge in [-0.25, -0.2) is 0 Å². The van der Waals surface area contributed by atoms with Crippen LogP contribution in [0.5, 0.6) is 0 Å². The second-order valence-electron chi connectivity index (χ2n) is 6.16. The molecule has 0 saturated carbocycles. The minimum Gasteiger partial charge on any atom is -0.312 e. The molecule has 0 bridgehead atoms. The molecule has 0 aromatic carbocycles. The summed E-state index contributed by atoms with van der Waals surface area (Å²) in [4.78, 5) is 2.34. The van der Waals surface area contributed by atoms with E-state index >= 15 is 0 Å². The molecular formula is C14H27N3. The number of nitrogens with zero attached hydrogens (tertiary/aromatic N) is 2. The first kappa shape index (κ1) is 14.5. The van der Waals surface area contributed by atoms with Crippen LogP contribution in [0.2, 0.25) is 0 Å². The maximum Gasteiger partial charge on any atom is 0.0975 e. The zero-order valence-corrected chi connectivity index (χ0v) is 11.8. The van der Waals surface area contributed by atoms with E-state index in [-0.39, 0.29) is 11.6 Å². The molecule has 1 aliphatic heterocycles. The number of piperidine rings is 1. The van der Waals surface area contributed by atoms with Crippen LogP contribution in [-0.4, -0.2) is 36.1 Å². The molecule has 0 radical (unpaired) electrons. The molecular weight excluding hydrogens is 210 g/mol. The molecule has 0 aliphatic carbocycles. The van der Waals surface area contributed by atoms with Gasteiger partial charge in [0.15, 0.2) is 0 Å². The van der Waals surface area contributed by atoms with Crippen molar-refractivity contribution in [3.8, 4) is 6.07 Å². The Morgan fingerprint density at radius 1 is 1.35 bits per heavy atom.